The van der Waals surface area contributed by atoms with Crippen molar-refractivity contribution in [1.29, 1.82) is 0 Å². The maximum Gasteiger partial charge on any atom is 0.328 e. The average Bonchev–Trinajstić information content (AvgIpc) is 2.69. The second-order valence-corrected chi connectivity index (χ2v) is 8.10. The number of likely N-dealkylation sites (N-methyl/N-ethyl adjacent to an activating group) is 1. The van der Waals surface area contributed by atoms with Crippen LogP contribution in [0.4, 0.5) is 0 Å². The standard InChI is InChI=1S/C13H19BrN4O3S.ClH/c1-8(7-15)18(4)22(20,21)12-6-11-10(5-9(12)14)16(2)13(19)17(11)3;/h5-6,8H,7,15H2,1-4H3;1H. The first-order valence-electron chi connectivity index (χ1n) is 6.66. The lowest BCUT2D eigenvalue weighted by molar-refractivity contribution is 0.394. The van der Waals surface area contributed by atoms with Crippen molar-refractivity contribution in [3.8, 4) is 0 Å². The first-order chi connectivity index (χ1) is 10.1. The van der Waals surface area contributed by atoms with Crippen molar-refractivity contribution in [2.75, 3.05) is 13.6 Å². The lowest BCUT2D eigenvalue weighted by Crippen LogP contribution is -2.39. The zero-order valence-electron chi connectivity index (χ0n) is 13.3. The topological polar surface area (TPSA) is 90.3 Å². The maximum atomic E-state index is 12.7. The summed E-state index contributed by atoms with van der Waals surface area (Å²) >= 11 is 3.30. The van der Waals surface area contributed by atoms with Gasteiger partial charge in [0.2, 0.25) is 10.0 Å². The second kappa shape index (κ2) is 6.94. The largest absolute Gasteiger partial charge is 0.329 e. The van der Waals surface area contributed by atoms with Crippen molar-refractivity contribution in [3.05, 3.63) is 27.1 Å². The van der Waals surface area contributed by atoms with Crippen molar-refractivity contribution in [3.63, 3.8) is 0 Å². The summed E-state index contributed by atoms with van der Waals surface area (Å²) < 4.78 is 30.0. The molecular weight excluding hydrogens is 408 g/mol. The third-order valence-corrected chi connectivity index (χ3v) is 6.87. The van der Waals surface area contributed by atoms with Crippen LogP contribution in [0.1, 0.15) is 6.92 Å². The third kappa shape index (κ3) is 3.20. The fourth-order valence-electron chi connectivity index (χ4n) is 2.24. The molecule has 2 rings (SSSR count). The molecule has 0 aliphatic heterocycles. The number of halogens is 2. The van der Waals surface area contributed by atoms with Gasteiger partial charge in [0.05, 0.1) is 15.9 Å². The molecule has 7 nitrogen and oxygen atoms in total. The van der Waals surface area contributed by atoms with Crippen LogP contribution in [-0.4, -0.2) is 41.5 Å². The predicted octanol–water partition coefficient (Wildman–Crippen LogP) is 1.03. The normalized spacial score (nSPS) is 13.3. The lowest BCUT2D eigenvalue weighted by atomic mass is 10.3. The van der Waals surface area contributed by atoms with Crippen LogP contribution in [-0.2, 0) is 24.1 Å². The Kier molecular flexibility index (Phi) is 6.09. The molecule has 2 N–H and O–H groups in total. The van der Waals surface area contributed by atoms with Crippen LogP contribution in [0.2, 0.25) is 0 Å². The smallest absolute Gasteiger partial charge is 0.328 e. The molecule has 1 unspecified atom stereocenters. The molecule has 0 fully saturated rings. The summed E-state index contributed by atoms with van der Waals surface area (Å²) in [5.41, 5.74) is 6.57. The summed E-state index contributed by atoms with van der Waals surface area (Å²) in [5, 5.41) is 0. The second-order valence-electron chi connectivity index (χ2n) is 5.28. The summed E-state index contributed by atoms with van der Waals surface area (Å²) in [7, 11) is 1.04. The van der Waals surface area contributed by atoms with Crippen molar-refractivity contribution >= 4 is 49.4 Å². The van der Waals surface area contributed by atoms with Crippen LogP contribution in [0.5, 0.6) is 0 Å². The summed E-state index contributed by atoms with van der Waals surface area (Å²) in [4.78, 5) is 12.1. The number of nitrogens with zero attached hydrogens (tertiary/aromatic N) is 3. The molecule has 0 amide bonds. The number of imidazole rings is 1. The summed E-state index contributed by atoms with van der Waals surface area (Å²) in [5.74, 6) is 0. The molecule has 130 valence electrons. The predicted molar refractivity (Wildman–Crippen MR) is 96.6 cm³/mol. The Balaban J connectivity index is 0.00000264. The van der Waals surface area contributed by atoms with Gasteiger partial charge in [0, 0.05) is 38.2 Å². The molecule has 0 aliphatic rings. The number of nitrogens with two attached hydrogens (primary N) is 1. The Morgan fingerprint density at radius 1 is 1.26 bits per heavy atom. The van der Waals surface area contributed by atoms with Gasteiger partial charge in [-0.3, -0.25) is 9.13 Å². The van der Waals surface area contributed by atoms with Gasteiger partial charge in [-0.1, -0.05) is 0 Å². The van der Waals surface area contributed by atoms with Crippen LogP contribution in [0, 0.1) is 0 Å². The van der Waals surface area contributed by atoms with E-state index >= 15 is 0 Å². The van der Waals surface area contributed by atoms with E-state index in [9.17, 15) is 13.2 Å². The van der Waals surface area contributed by atoms with E-state index in [1.807, 2.05) is 0 Å². The summed E-state index contributed by atoms with van der Waals surface area (Å²) in [6.45, 7) is 1.96. The monoisotopic (exact) mass is 426 g/mol. The highest BCUT2D eigenvalue weighted by Crippen LogP contribution is 2.29. The molecule has 1 aromatic carbocycles. The van der Waals surface area contributed by atoms with E-state index in [1.54, 1.807) is 27.1 Å². The van der Waals surface area contributed by atoms with Gasteiger partial charge in [-0.05, 0) is 35.0 Å². The number of rotatable bonds is 4. The highest BCUT2D eigenvalue weighted by Gasteiger charge is 2.28. The first kappa shape index (κ1) is 20.2. The molecule has 0 bridgehead atoms. The number of aryl methyl sites for hydroxylation is 2. The number of benzene rings is 1. The Hall–Kier alpha value is -0.870. The van der Waals surface area contributed by atoms with Gasteiger partial charge in [-0.2, -0.15) is 4.31 Å². The Morgan fingerprint density at radius 3 is 2.22 bits per heavy atom. The van der Waals surface area contributed by atoms with Crippen molar-refractivity contribution in [1.82, 2.24) is 13.4 Å². The van der Waals surface area contributed by atoms with Crippen molar-refractivity contribution < 1.29 is 8.42 Å². The van der Waals surface area contributed by atoms with Crippen LogP contribution in [0.25, 0.3) is 11.0 Å². The van der Waals surface area contributed by atoms with E-state index in [2.05, 4.69) is 15.9 Å². The molecule has 0 spiro atoms. The van der Waals surface area contributed by atoms with Gasteiger partial charge in [0.15, 0.2) is 0 Å². The van der Waals surface area contributed by atoms with E-state index in [0.29, 0.717) is 15.5 Å². The number of hydrogen-bond donors (Lipinski definition) is 1. The lowest BCUT2D eigenvalue weighted by Gasteiger charge is -2.23. The fraction of sp³-hybridized carbons (Fsp3) is 0.462. The summed E-state index contributed by atoms with van der Waals surface area (Å²) in [6, 6.07) is 2.83. The first-order valence-corrected chi connectivity index (χ1v) is 8.89. The minimum Gasteiger partial charge on any atom is -0.329 e. The highest BCUT2D eigenvalue weighted by atomic mass is 79.9. The molecule has 0 saturated carbocycles. The molecule has 0 saturated heterocycles. The van der Waals surface area contributed by atoms with Gasteiger partial charge in [0.25, 0.3) is 0 Å². The van der Waals surface area contributed by atoms with Gasteiger partial charge in [0.1, 0.15) is 0 Å². The number of fused-ring (bicyclic) bond motifs is 1. The van der Waals surface area contributed by atoms with Crippen LogP contribution < -0.4 is 11.4 Å². The highest BCUT2D eigenvalue weighted by molar-refractivity contribution is 9.10. The van der Waals surface area contributed by atoms with Gasteiger partial charge < -0.3 is 5.73 Å². The third-order valence-electron chi connectivity index (χ3n) is 3.94. The van der Waals surface area contributed by atoms with Crippen molar-refractivity contribution in [2.24, 2.45) is 19.8 Å². The Labute approximate surface area is 149 Å². The van der Waals surface area contributed by atoms with Gasteiger partial charge >= 0.3 is 5.69 Å². The van der Waals surface area contributed by atoms with E-state index < -0.39 is 10.0 Å². The van der Waals surface area contributed by atoms with E-state index in [1.165, 1.54) is 26.6 Å². The molecule has 23 heavy (non-hydrogen) atoms. The number of hydrogen-bond acceptors (Lipinski definition) is 4. The van der Waals surface area contributed by atoms with E-state index in [0.717, 1.165) is 0 Å². The van der Waals surface area contributed by atoms with Crippen LogP contribution >= 0.6 is 28.3 Å². The fourth-order valence-corrected chi connectivity index (χ4v) is 4.62. The zero-order valence-corrected chi connectivity index (χ0v) is 16.5. The number of aromatic nitrogens is 2. The maximum absolute atomic E-state index is 12.7. The Morgan fingerprint density at radius 2 is 1.74 bits per heavy atom. The molecule has 1 atom stereocenters. The number of sulfonamides is 1. The molecule has 10 heteroatoms. The molecular formula is C13H20BrClN4O3S. The average molecular weight is 428 g/mol. The SMILES string of the molecule is CC(CN)N(C)S(=O)(=O)c1cc2c(cc1Br)n(C)c(=O)n2C.Cl. The Bertz CT molecular complexity index is 891. The minimum absolute atomic E-state index is 0. The molecule has 2 aromatic rings. The van der Waals surface area contributed by atoms with Crippen LogP contribution in [0.3, 0.4) is 0 Å². The van der Waals surface area contributed by atoms with Crippen molar-refractivity contribution in [2.45, 2.75) is 17.9 Å². The van der Waals surface area contributed by atoms with Gasteiger partial charge in [-0.25, -0.2) is 13.2 Å². The molecule has 0 aliphatic carbocycles. The molecule has 1 aromatic heterocycles. The summed E-state index contributed by atoms with van der Waals surface area (Å²) in [6.07, 6.45) is 0. The minimum atomic E-state index is -3.71. The quantitative estimate of drug-likeness (QED) is 0.789. The zero-order chi connectivity index (χ0) is 16.8. The van der Waals surface area contributed by atoms with Gasteiger partial charge in [-0.15, -0.1) is 12.4 Å². The van der Waals surface area contributed by atoms with Crippen LogP contribution in [0.15, 0.2) is 26.3 Å². The van der Waals surface area contributed by atoms with E-state index in [4.69, 9.17) is 5.73 Å². The molecule has 0 radical (unpaired) electrons. The van der Waals surface area contributed by atoms with E-state index in [-0.39, 0.29) is 35.6 Å². The molecule has 1 heterocycles.